The summed E-state index contributed by atoms with van der Waals surface area (Å²) in [6, 6.07) is 0. The minimum absolute atomic E-state index is 0.856. The Morgan fingerprint density at radius 3 is 2.20 bits per heavy atom. The van der Waals surface area contributed by atoms with E-state index in [-0.39, 0.29) is 0 Å². The Bertz CT molecular complexity index is 57.9. The van der Waals surface area contributed by atoms with Crippen LogP contribution in [0.2, 0.25) is 0 Å². The van der Waals surface area contributed by atoms with Crippen LogP contribution in [0.1, 0.15) is 0 Å². The molecular formula is C3H3NO. The van der Waals surface area contributed by atoms with Crippen LogP contribution in [0.3, 0.4) is 0 Å². The van der Waals surface area contributed by atoms with Gasteiger partial charge in [-0.3, -0.25) is 5.41 Å². The van der Waals surface area contributed by atoms with Crippen molar-refractivity contribution in [3.8, 4) is 0 Å². The lowest BCUT2D eigenvalue weighted by atomic mass is 10.7. The van der Waals surface area contributed by atoms with Gasteiger partial charge in [0, 0.05) is 0 Å². The van der Waals surface area contributed by atoms with Crippen molar-refractivity contribution < 1.29 is 5.11 Å². The summed E-state index contributed by atoms with van der Waals surface area (Å²) >= 11 is 0. The maximum absolute atomic E-state index is 9.31. The van der Waals surface area contributed by atoms with E-state index in [0.29, 0.717) is 0 Å². The SMILES string of the molecule is C=[C+]C(=N)[O-]. The van der Waals surface area contributed by atoms with Gasteiger partial charge < -0.3 is 5.11 Å². The largest absolute Gasteiger partial charge is 0.817 e. The summed E-state index contributed by atoms with van der Waals surface area (Å²) in [6.07, 6.45) is 1.81. The summed E-state index contributed by atoms with van der Waals surface area (Å²) in [4.78, 5) is 0. The Kier molecular flexibility index (Phi) is 1.19. The van der Waals surface area contributed by atoms with Crippen molar-refractivity contribution in [1.29, 1.82) is 5.41 Å². The summed E-state index contributed by atoms with van der Waals surface area (Å²) in [6.45, 7) is 2.90. The Labute approximate surface area is 30.3 Å². The lowest BCUT2D eigenvalue weighted by Crippen LogP contribution is -2.11. The van der Waals surface area contributed by atoms with Crippen LogP contribution in [0.15, 0.2) is 6.58 Å². The van der Waals surface area contributed by atoms with E-state index in [0.717, 1.165) is 0 Å². The molecule has 0 unspecified atom stereocenters. The molecule has 0 spiro atoms. The quantitative estimate of drug-likeness (QED) is 0.247. The van der Waals surface area contributed by atoms with Crippen molar-refractivity contribution in [2.24, 2.45) is 0 Å². The van der Waals surface area contributed by atoms with Crippen LogP contribution in [-0.4, -0.2) is 5.90 Å². The fourth-order valence-electron chi connectivity index (χ4n) is 0. The smallest absolute Gasteiger partial charge is 0.264 e. The summed E-state index contributed by atoms with van der Waals surface area (Å²) in [7, 11) is 0. The standard InChI is InChI=1S/C3H3NO/c1-2-3(4)5/h1H2,(H-,4,5). The molecule has 2 heteroatoms. The fourth-order valence-corrected chi connectivity index (χ4v) is 0. The molecule has 0 aromatic carbocycles. The first-order valence-electron chi connectivity index (χ1n) is 1.06. The van der Waals surface area contributed by atoms with Crippen LogP contribution >= 0.6 is 0 Å². The van der Waals surface area contributed by atoms with Crippen LogP contribution in [0, 0.1) is 11.5 Å². The molecule has 1 N–H and O–H groups in total. The minimum atomic E-state index is -0.856. The second-order valence-electron chi connectivity index (χ2n) is 0.506. The zero-order valence-corrected chi connectivity index (χ0v) is 2.62. The van der Waals surface area contributed by atoms with E-state index in [9.17, 15) is 5.11 Å². The third-order valence-electron chi connectivity index (χ3n) is 0.161. The molecule has 0 radical (unpaired) electrons. The van der Waals surface area contributed by atoms with Crippen molar-refractivity contribution in [2.75, 3.05) is 0 Å². The Hall–Kier alpha value is -0.880. The van der Waals surface area contributed by atoms with E-state index in [2.05, 4.69) is 6.58 Å². The van der Waals surface area contributed by atoms with Gasteiger partial charge in [0.1, 0.15) is 6.58 Å². The molecule has 0 rings (SSSR count). The van der Waals surface area contributed by atoms with Gasteiger partial charge in [-0.05, 0) is 0 Å². The summed E-state index contributed by atoms with van der Waals surface area (Å²) in [5, 5.41) is 15.3. The lowest BCUT2D eigenvalue weighted by Gasteiger charge is -1.74. The zero-order chi connectivity index (χ0) is 4.28. The number of rotatable bonds is 1. The molecule has 2 nitrogen and oxygen atoms in total. The van der Waals surface area contributed by atoms with Crippen LogP contribution in [0.25, 0.3) is 0 Å². The van der Waals surface area contributed by atoms with E-state index in [1.54, 1.807) is 6.08 Å². The summed E-state index contributed by atoms with van der Waals surface area (Å²) < 4.78 is 0. The topological polar surface area (TPSA) is 46.9 Å². The van der Waals surface area contributed by atoms with Gasteiger partial charge in [-0.25, -0.2) is 0 Å². The second kappa shape index (κ2) is 1.44. The highest BCUT2D eigenvalue weighted by atomic mass is 16.3. The molecule has 5 heavy (non-hydrogen) atoms. The summed E-state index contributed by atoms with van der Waals surface area (Å²) in [5.74, 6) is -0.856. The molecule has 0 aliphatic rings. The summed E-state index contributed by atoms with van der Waals surface area (Å²) in [5.41, 5.74) is 0. The minimum Gasteiger partial charge on any atom is -0.817 e. The van der Waals surface area contributed by atoms with Crippen molar-refractivity contribution in [2.45, 2.75) is 0 Å². The van der Waals surface area contributed by atoms with Gasteiger partial charge in [0.2, 0.25) is 5.90 Å². The average Bonchev–Trinajstić information content (AvgIpc) is 1.38. The van der Waals surface area contributed by atoms with E-state index in [1.165, 1.54) is 0 Å². The molecule has 0 bridgehead atoms. The highest BCUT2D eigenvalue weighted by Gasteiger charge is 1.74. The molecule has 0 atom stereocenters. The first kappa shape index (κ1) is 4.12. The number of nitrogens with one attached hydrogen (secondary N) is 1. The molecule has 0 fully saturated rings. The van der Waals surface area contributed by atoms with Crippen LogP contribution in [0.5, 0.6) is 0 Å². The van der Waals surface area contributed by atoms with E-state index >= 15 is 0 Å². The van der Waals surface area contributed by atoms with Gasteiger partial charge in [-0.2, -0.15) is 0 Å². The molecular weight excluding hydrogens is 66.0 g/mol. The van der Waals surface area contributed by atoms with Gasteiger partial charge in [-0.1, -0.05) is 0 Å². The predicted molar refractivity (Wildman–Crippen MR) is 16.6 cm³/mol. The first-order valence-corrected chi connectivity index (χ1v) is 1.06. The van der Waals surface area contributed by atoms with E-state index in [4.69, 9.17) is 5.41 Å². The molecule has 0 aliphatic heterocycles. The number of hydrogen-bond donors (Lipinski definition) is 1. The van der Waals surface area contributed by atoms with Gasteiger partial charge in [0.15, 0.2) is 0 Å². The third kappa shape index (κ3) is 3.12. The molecule has 0 aromatic rings. The molecule has 0 aromatic heterocycles. The second-order valence-corrected chi connectivity index (χ2v) is 0.506. The highest BCUT2D eigenvalue weighted by Crippen LogP contribution is 1.46. The van der Waals surface area contributed by atoms with Crippen LogP contribution in [0.4, 0.5) is 0 Å². The zero-order valence-electron chi connectivity index (χ0n) is 2.62. The number of hydrogen-bond acceptors (Lipinski definition) is 2. The van der Waals surface area contributed by atoms with Gasteiger partial charge in [0.25, 0.3) is 6.08 Å². The highest BCUT2D eigenvalue weighted by molar-refractivity contribution is 5.75. The van der Waals surface area contributed by atoms with E-state index < -0.39 is 5.90 Å². The molecule has 0 aliphatic carbocycles. The lowest BCUT2D eigenvalue weighted by molar-refractivity contribution is -0.214. The first-order chi connectivity index (χ1) is 2.27. The third-order valence-corrected chi connectivity index (χ3v) is 0.161. The Morgan fingerprint density at radius 1 is 2.00 bits per heavy atom. The monoisotopic (exact) mass is 69.0 g/mol. The molecule has 0 heterocycles. The van der Waals surface area contributed by atoms with E-state index in [1.807, 2.05) is 0 Å². The van der Waals surface area contributed by atoms with Crippen molar-refractivity contribution >= 4 is 5.90 Å². The van der Waals surface area contributed by atoms with Crippen molar-refractivity contribution in [1.82, 2.24) is 0 Å². The van der Waals surface area contributed by atoms with Gasteiger partial charge >= 0.3 is 0 Å². The Balaban J connectivity index is 3.20. The van der Waals surface area contributed by atoms with Crippen molar-refractivity contribution in [3.63, 3.8) is 0 Å². The Morgan fingerprint density at radius 2 is 2.20 bits per heavy atom. The normalized spacial score (nSPS) is 5.60. The maximum atomic E-state index is 9.31. The van der Waals surface area contributed by atoms with Gasteiger partial charge in [-0.15, -0.1) is 0 Å². The van der Waals surface area contributed by atoms with Crippen LogP contribution in [-0.2, 0) is 0 Å². The predicted octanol–water partition coefficient (Wildman–Crippen LogP) is -0.687. The van der Waals surface area contributed by atoms with Gasteiger partial charge in [0.05, 0.1) is 0 Å². The van der Waals surface area contributed by atoms with Crippen LogP contribution < -0.4 is 5.11 Å². The fraction of sp³-hybridized carbons (Fsp3) is 0. The van der Waals surface area contributed by atoms with Crippen molar-refractivity contribution in [3.05, 3.63) is 12.7 Å². The molecule has 26 valence electrons. The average molecular weight is 69.1 g/mol. The molecule has 0 amide bonds. The maximum Gasteiger partial charge on any atom is 0.264 e. The molecule has 0 saturated heterocycles. The molecule has 0 saturated carbocycles.